The van der Waals surface area contributed by atoms with Crippen molar-refractivity contribution in [3.8, 4) is 5.69 Å². The summed E-state index contributed by atoms with van der Waals surface area (Å²) < 4.78 is 6.94. The molecule has 0 atom stereocenters. The van der Waals surface area contributed by atoms with Crippen molar-refractivity contribution in [3.63, 3.8) is 0 Å². The molecule has 1 heterocycles. The minimum Gasteiger partial charge on any atom is -0.383 e. The third-order valence-electron chi connectivity index (χ3n) is 3.99. The van der Waals surface area contributed by atoms with Crippen molar-refractivity contribution in [2.75, 3.05) is 20.3 Å². The van der Waals surface area contributed by atoms with Crippen LogP contribution in [0.15, 0.2) is 35.4 Å². The van der Waals surface area contributed by atoms with Gasteiger partial charge in [-0.1, -0.05) is 18.2 Å². The van der Waals surface area contributed by atoms with E-state index < -0.39 is 11.8 Å². The largest absolute Gasteiger partial charge is 0.383 e. The molecule has 0 radical (unpaired) electrons. The van der Waals surface area contributed by atoms with E-state index in [0.29, 0.717) is 6.61 Å². The maximum absolute atomic E-state index is 11.7. The van der Waals surface area contributed by atoms with Gasteiger partial charge in [0.05, 0.1) is 12.8 Å². The number of amides is 2. The predicted molar refractivity (Wildman–Crippen MR) is 101 cm³/mol. The van der Waals surface area contributed by atoms with E-state index in [1.54, 1.807) is 0 Å². The summed E-state index contributed by atoms with van der Waals surface area (Å²) in [6, 6.07) is 10.1. The number of carbonyl (C=O) groups excluding carboxylic acids is 2. The van der Waals surface area contributed by atoms with Crippen LogP contribution >= 0.6 is 0 Å². The third kappa shape index (κ3) is 4.58. The van der Waals surface area contributed by atoms with Gasteiger partial charge in [0, 0.05) is 36.3 Å². The van der Waals surface area contributed by atoms with Crippen LogP contribution in [0.1, 0.15) is 22.5 Å². The average Bonchev–Trinajstić information content (AvgIpc) is 2.89. The molecular formula is C19H24N4O3. The molecule has 26 heavy (non-hydrogen) atoms. The van der Waals surface area contributed by atoms with Crippen LogP contribution in [0.5, 0.6) is 0 Å². The van der Waals surface area contributed by atoms with Gasteiger partial charge in [0.2, 0.25) is 0 Å². The summed E-state index contributed by atoms with van der Waals surface area (Å²) in [5.41, 5.74) is 7.42. The first-order valence-electron chi connectivity index (χ1n) is 8.30. The highest BCUT2D eigenvalue weighted by atomic mass is 16.5. The van der Waals surface area contributed by atoms with Gasteiger partial charge in [-0.15, -0.1) is 0 Å². The van der Waals surface area contributed by atoms with Gasteiger partial charge >= 0.3 is 11.8 Å². The molecule has 2 amide bonds. The fourth-order valence-electron chi connectivity index (χ4n) is 2.66. The van der Waals surface area contributed by atoms with Crippen LogP contribution < -0.4 is 10.7 Å². The van der Waals surface area contributed by atoms with Gasteiger partial charge in [0.25, 0.3) is 0 Å². The van der Waals surface area contributed by atoms with Crippen LogP contribution in [0.3, 0.4) is 0 Å². The number of methoxy groups -OCH3 is 1. The molecule has 0 fully saturated rings. The summed E-state index contributed by atoms with van der Waals surface area (Å²) in [4.78, 5) is 23.2. The molecule has 0 aliphatic rings. The average molecular weight is 356 g/mol. The fourth-order valence-corrected chi connectivity index (χ4v) is 2.66. The van der Waals surface area contributed by atoms with Crippen molar-refractivity contribution in [2.24, 2.45) is 5.10 Å². The van der Waals surface area contributed by atoms with E-state index in [0.717, 1.165) is 22.6 Å². The molecule has 0 aliphatic heterocycles. The lowest BCUT2D eigenvalue weighted by atomic mass is 10.2. The van der Waals surface area contributed by atoms with Gasteiger partial charge in [-0.25, -0.2) is 5.43 Å². The van der Waals surface area contributed by atoms with Crippen molar-refractivity contribution in [2.45, 2.75) is 20.8 Å². The zero-order valence-electron chi connectivity index (χ0n) is 15.5. The Balaban J connectivity index is 2.08. The molecule has 2 N–H and O–H groups in total. The number of benzene rings is 1. The van der Waals surface area contributed by atoms with Gasteiger partial charge in [0.15, 0.2) is 0 Å². The molecule has 0 saturated carbocycles. The normalized spacial score (nSPS) is 10.9. The lowest BCUT2D eigenvalue weighted by molar-refractivity contribution is -0.139. The number of nitrogens with one attached hydrogen (secondary N) is 2. The van der Waals surface area contributed by atoms with Gasteiger partial charge in [-0.2, -0.15) is 5.10 Å². The number of aryl methyl sites for hydroxylation is 2. The highest BCUT2D eigenvalue weighted by Crippen LogP contribution is 2.22. The van der Waals surface area contributed by atoms with Gasteiger partial charge in [-0.3, -0.25) is 9.59 Å². The number of hydrogen-bond donors (Lipinski definition) is 2. The quantitative estimate of drug-likeness (QED) is 0.357. The molecule has 2 aromatic rings. The highest BCUT2D eigenvalue weighted by molar-refractivity contribution is 6.35. The monoisotopic (exact) mass is 356 g/mol. The standard InChI is InChI=1S/C19H24N4O3/c1-13-7-5-6-8-17(13)23-14(2)11-16(15(23)3)12-21-22-19(25)18(24)20-9-10-26-4/h5-8,11-12H,9-10H2,1-4H3,(H,20,24)(H,22,25)/b21-12-. The number of rotatable bonds is 6. The molecule has 1 aromatic heterocycles. The molecular weight excluding hydrogens is 332 g/mol. The summed E-state index contributed by atoms with van der Waals surface area (Å²) in [7, 11) is 1.52. The lowest BCUT2D eigenvalue weighted by Crippen LogP contribution is -2.39. The Morgan fingerprint density at radius 3 is 2.62 bits per heavy atom. The van der Waals surface area contributed by atoms with Crippen molar-refractivity contribution >= 4 is 18.0 Å². The molecule has 2 rings (SSSR count). The number of hydrazone groups is 1. The predicted octanol–water partition coefficient (Wildman–Crippen LogP) is 1.62. The topological polar surface area (TPSA) is 84.7 Å². The molecule has 0 spiro atoms. The summed E-state index contributed by atoms with van der Waals surface area (Å²) in [6.45, 7) is 6.67. The highest BCUT2D eigenvalue weighted by Gasteiger charge is 2.13. The first kappa shape index (κ1) is 19.4. The molecule has 7 nitrogen and oxygen atoms in total. The molecule has 138 valence electrons. The Labute approximate surface area is 153 Å². The van der Waals surface area contributed by atoms with Crippen LogP contribution in [0, 0.1) is 20.8 Å². The SMILES string of the molecule is COCCNC(=O)C(=O)N/N=C\c1cc(C)n(-c2ccccc2C)c1C. The first-order chi connectivity index (χ1) is 12.5. The number of aromatic nitrogens is 1. The van der Waals surface area contributed by atoms with Crippen molar-refractivity contribution < 1.29 is 14.3 Å². The first-order valence-corrected chi connectivity index (χ1v) is 8.30. The Kier molecular flexibility index (Phi) is 6.68. The van der Waals surface area contributed by atoms with Crippen LogP contribution in [-0.2, 0) is 14.3 Å². The van der Waals surface area contributed by atoms with E-state index in [2.05, 4.69) is 39.5 Å². The second kappa shape index (κ2) is 8.96. The summed E-state index contributed by atoms with van der Waals surface area (Å²) >= 11 is 0. The van der Waals surface area contributed by atoms with E-state index in [-0.39, 0.29) is 6.54 Å². The zero-order chi connectivity index (χ0) is 19.1. The smallest absolute Gasteiger partial charge is 0.329 e. The summed E-state index contributed by atoms with van der Waals surface area (Å²) in [5, 5.41) is 6.32. The summed E-state index contributed by atoms with van der Waals surface area (Å²) in [5.74, 6) is -1.56. The molecule has 0 unspecified atom stereocenters. The van der Waals surface area contributed by atoms with Gasteiger partial charge in [-0.05, 0) is 38.5 Å². The number of ether oxygens (including phenoxy) is 1. The minimum atomic E-state index is -0.815. The van der Waals surface area contributed by atoms with Crippen LogP contribution in [0.25, 0.3) is 5.69 Å². The number of nitrogens with zero attached hydrogens (tertiary/aromatic N) is 2. The van der Waals surface area contributed by atoms with E-state index >= 15 is 0 Å². The van der Waals surface area contributed by atoms with Crippen LogP contribution in [0.2, 0.25) is 0 Å². The third-order valence-corrected chi connectivity index (χ3v) is 3.99. The second-order valence-electron chi connectivity index (χ2n) is 5.90. The van der Waals surface area contributed by atoms with Crippen LogP contribution in [-0.4, -0.2) is 42.9 Å². The molecule has 0 aliphatic carbocycles. The van der Waals surface area contributed by atoms with Gasteiger partial charge in [0.1, 0.15) is 0 Å². The van der Waals surface area contributed by atoms with Crippen molar-refractivity contribution in [1.29, 1.82) is 0 Å². The van der Waals surface area contributed by atoms with E-state index in [1.807, 2.05) is 32.0 Å². The number of para-hydroxylation sites is 1. The Morgan fingerprint density at radius 2 is 1.92 bits per heavy atom. The van der Waals surface area contributed by atoms with Crippen molar-refractivity contribution in [3.05, 3.63) is 52.8 Å². The fraction of sp³-hybridized carbons (Fsp3) is 0.316. The lowest BCUT2D eigenvalue weighted by Gasteiger charge is -2.12. The number of hydrogen-bond acceptors (Lipinski definition) is 4. The minimum absolute atomic E-state index is 0.268. The Morgan fingerprint density at radius 1 is 1.19 bits per heavy atom. The zero-order valence-corrected chi connectivity index (χ0v) is 15.5. The number of carbonyl (C=O) groups is 2. The molecule has 1 aromatic carbocycles. The van der Waals surface area contributed by atoms with E-state index in [1.165, 1.54) is 18.9 Å². The molecule has 7 heteroatoms. The molecule has 0 saturated heterocycles. The summed E-state index contributed by atoms with van der Waals surface area (Å²) in [6.07, 6.45) is 1.54. The maximum Gasteiger partial charge on any atom is 0.329 e. The Bertz CT molecular complexity index is 824. The van der Waals surface area contributed by atoms with Crippen LogP contribution in [0.4, 0.5) is 0 Å². The van der Waals surface area contributed by atoms with E-state index in [9.17, 15) is 9.59 Å². The van der Waals surface area contributed by atoms with Gasteiger partial charge < -0.3 is 14.6 Å². The maximum atomic E-state index is 11.7. The molecule has 0 bridgehead atoms. The second-order valence-corrected chi connectivity index (χ2v) is 5.90. The Hall–Kier alpha value is -2.93. The van der Waals surface area contributed by atoms with E-state index in [4.69, 9.17) is 4.74 Å². The van der Waals surface area contributed by atoms with Crippen molar-refractivity contribution in [1.82, 2.24) is 15.3 Å².